The molecule has 1 aromatic rings. The van der Waals surface area contributed by atoms with Crippen LogP contribution in [0.2, 0.25) is 0 Å². The Hall–Kier alpha value is -1.96. The van der Waals surface area contributed by atoms with Crippen LogP contribution in [0.25, 0.3) is 0 Å². The van der Waals surface area contributed by atoms with E-state index in [1.165, 1.54) is 12.1 Å². The van der Waals surface area contributed by atoms with Crippen LogP contribution in [0.4, 0.5) is 20.2 Å². The van der Waals surface area contributed by atoms with E-state index in [9.17, 15) is 18.9 Å². The van der Waals surface area contributed by atoms with Crippen molar-refractivity contribution in [2.45, 2.75) is 44.4 Å². The van der Waals surface area contributed by atoms with Gasteiger partial charge < -0.3 is 14.8 Å². The summed E-state index contributed by atoms with van der Waals surface area (Å²) in [7, 11) is 1.66. The molecule has 1 saturated carbocycles. The van der Waals surface area contributed by atoms with Crippen molar-refractivity contribution in [2.75, 3.05) is 12.4 Å². The molecule has 8 heteroatoms. The maximum Gasteiger partial charge on any atom is 0.387 e. The van der Waals surface area contributed by atoms with Crippen LogP contribution in [-0.2, 0) is 4.74 Å². The first-order valence-electron chi connectivity index (χ1n) is 7.02. The molecular formula is C14H18F2N2O4. The van der Waals surface area contributed by atoms with Crippen molar-refractivity contribution < 1.29 is 23.2 Å². The Labute approximate surface area is 126 Å². The standard InChI is InChI=1S/C14H18F2N2O4/c1-21-11-4-2-3-9(7-11)17-10-5-6-12(18(19)20)13(8-10)22-14(15)16/h5-6,8-9,11,14,17H,2-4,7H2,1H3. The molecule has 1 aromatic carbocycles. The van der Waals surface area contributed by atoms with Crippen molar-refractivity contribution >= 4 is 11.4 Å². The highest BCUT2D eigenvalue weighted by molar-refractivity contribution is 5.58. The van der Waals surface area contributed by atoms with E-state index in [0.29, 0.717) is 5.69 Å². The monoisotopic (exact) mass is 316 g/mol. The molecule has 1 aliphatic carbocycles. The number of anilines is 1. The molecule has 0 bridgehead atoms. The number of benzene rings is 1. The fourth-order valence-corrected chi connectivity index (χ4v) is 2.67. The summed E-state index contributed by atoms with van der Waals surface area (Å²) in [5.74, 6) is -0.441. The molecule has 0 spiro atoms. The fourth-order valence-electron chi connectivity index (χ4n) is 2.67. The highest BCUT2D eigenvalue weighted by Gasteiger charge is 2.23. The molecule has 22 heavy (non-hydrogen) atoms. The minimum absolute atomic E-state index is 0.138. The quantitative estimate of drug-likeness (QED) is 0.641. The zero-order valence-corrected chi connectivity index (χ0v) is 12.1. The molecule has 0 aliphatic heterocycles. The van der Waals surface area contributed by atoms with Gasteiger partial charge in [0.05, 0.1) is 11.0 Å². The summed E-state index contributed by atoms with van der Waals surface area (Å²) in [6.45, 7) is -3.11. The van der Waals surface area contributed by atoms with Crippen LogP contribution in [0, 0.1) is 10.1 Å². The van der Waals surface area contributed by atoms with Gasteiger partial charge >= 0.3 is 12.3 Å². The van der Waals surface area contributed by atoms with Crippen LogP contribution in [0.3, 0.4) is 0 Å². The number of hydrogen-bond donors (Lipinski definition) is 1. The third kappa shape index (κ3) is 4.27. The summed E-state index contributed by atoms with van der Waals surface area (Å²) in [5, 5.41) is 14.0. The molecule has 2 unspecified atom stereocenters. The predicted molar refractivity (Wildman–Crippen MR) is 76.4 cm³/mol. The lowest BCUT2D eigenvalue weighted by molar-refractivity contribution is -0.386. The third-order valence-electron chi connectivity index (χ3n) is 3.70. The van der Waals surface area contributed by atoms with Gasteiger partial charge in [0.15, 0.2) is 0 Å². The second-order valence-electron chi connectivity index (χ2n) is 5.18. The van der Waals surface area contributed by atoms with E-state index in [-0.39, 0.29) is 12.1 Å². The van der Waals surface area contributed by atoms with Crippen molar-refractivity contribution in [2.24, 2.45) is 0 Å². The number of rotatable bonds is 6. The van der Waals surface area contributed by atoms with E-state index < -0.39 is 23.0 Å². The summed E-state index contributed by atoms with van der Waals surface area (Å²) in [5.41, 5.74) is 0.0345. The molecule has 2 rings (SSSR count). The van der Waals surface area contributed by atoms with Gasteiger partial charge in [0.2, 0.25) is 5.75 Å². The van der Waals surface area contributed by atoms with E-state index in [1.807, 2.05) is 0 Å². The fraction of sp³-hybridized carbons (Fsp3) is 0.571. The Bertz CT molecular complexity index is 528. The molecule has 0 aromatic heterocycles. The number of nitro benzene ring substituents is 1. The minimum Gasteiger partial charge on any atom is -0.427 e. The molecular weight excluding hydrogens is 298 g/mol. The van der Waals surface area contributed by atoms with Crippen LogP contribution >= 0.6 is 0 Å². The lowest BCUT2D eigenvalue weighted by Crippen LogP contribution is -2.31. The van der Waals surface area contributed by atoms with Crippen molar-refractivity contribution in [3.8, 4) is 5.75 Å². The summed E-state index contributed by atoms with van der Waals surface area (Å²) in [6, 6.07) is 4.03. The first-order chi connectivity index (χ1) is 10.5. The molecule has 6 nitrogen and oxygen atoms in total. The molecule has 1 aliphatic rings. The summed E-state index contributed by atoms with van der Waals surface area (Å²) < 4.78 is 34.3. The number of hydrogen-bond acceptors (Lipinski definition) is 5. The highest BCUT2D eigenvalue weighted by Crippen LogP contribution is 2.32. The Balaban J connectivity index is 2.12. The van der Waals surface area contributed by atoms with Crippen molar-refractivity contribution in [1.29, 1.82) is 0 Å². The number of nitrogens with one attached hydrogen (secondary N) is 1. The summed E-state index contributed by atoms with van der Waals surface area (Å²) in [4.78, 5) is 10.1. The number of ether oxygens (including phenoxy) is 2. The van der Waals surface area contributed by atoms with E-state index in [4.69, 9.17) is 4.74 Å². The molecule has 1 N–H and O–H groups in total. The zero-order chi connectivity index (χ0) is 16.1. The van der Waals surface area contributed by atoms with Crippen molar-refractivity contribution in [3.05, 3.63) is 28.3 Å². The molecule has 0 amide bonds. The first-order valence-corrected chi connectivity index (χ1v) is 7.02. The van der Waals surface area contributed by atoms with E-state index in [2.05, 4.69) is 10.1 Å². The van der Waals surface area contributed by atoms with Crippen LogP contribution in [0.15, 0.2) is 18.2 Å². The molecule has 0 radical (unpaired) electrons. The molecule has 1 fully saturated rings. The van der Waals surface area contributed by atoms with E-state index >= 15 is 0 Å². The Morgan fingerprint density at radius 1 is 1.41 bits per heavy atom. The van der Waals surface area contributed by atoms with Gasteiger partial charge in [0.25, 0.3) is 0 Å². The topological polar surface area (TPSA) is 73.6 Å². The van der Waals surface area contributed by atoms with Crippen LogP contribution < -0.4 is 10.1 Å². The van der Waals surface area contributed by atoms with Crippen LogP contribution in [-0.4, -0.2) is 30.8 Å². The third-order valence-corrected chi connectivity index (χ3v) is 3.70. The van der Waals surface area contributed by atoms with Gasteiger partial charge in [0, 0.05) is 31.0 Å². The predicted octanol–water partition coefficient (Wildman–Crippen LogP) is 3.57. The van der Waals surface area contributed by atoms with E-state index in [1.54, 1.807) is 7.11 Å². The number of nitro groups is 1. The molecule has 0 saturated heterocycles. The summed E-state index contributed by atoms with van der Waals surface area (Å²) in [6.07, 6.45) is 3.90. The van der Waals surface area contributed by atoms with Gasteiger partial charge in [-0.25, -0.2) is 0 Å². The Morgan fingerprint density at radius 3 is 2.82 bits per heavy atom. The van der Waals surface area contributed by atoms with Crippen LogP contribution in [0.5, 0.6) is 5.75 Å². The highest BCUT2D eigenvalue weighted by atomic mass is 19.3. The maximum atomic E-state index is 12.4. The molecule has 0 heterocycles. The molecule has 122 valence electrons. The van der Waals surface area contributed by atoms with Gasteiger partial charge in [-0.1, -0.05) is 0 Å². The van der Waals surface area contributed by atoms with Gasteiger partial charge in [-0.15, -0.1) is 0 Å². The number of nitrogens with zero attached hydrogens (tertiary/aromatic N) is 1. The normalized spacial score (nSPS) is 21.6. The average Bonchev–Trinajstić information content (AvgIpc) is 2.46. The lowest BCUT2D eigenvalue weighted by Gasteiger charge is -2.29. The summed E-state index contributed by atoms with van der Waals surface area (Å²) >= 11 is 0. The number of methoxy groups -OCH3 is 1. The largest absolute Gasteiger partial charge is 0.427 e. The molecule has 2 atom stereocenters. The van der Waals surface area contributed by atoms with Crippen molar-refractivity contribution in [3.63, 3.8) is 0 Å². The smallest absolute Gasteiger partial charge is 0.387 e. The second kappa shape index (κ2) is 7.35. The first kappa shape index (κ1) is 16.4. The van der Waals surface area contributed by atoms with E-state index in [0.717, 1.165) is 31.7 Å². The van der Waals surface area contributed by atoms with Crippen LogP contribution in [0.1, 0.15) is 25.7 Å². The Kier molecular flexibility index (Phi) is 5.48. The van der Waals surface area contributed by atoms with Gasteiger partial charge in [-0.3, -0.25) is 10.1 Å². The zero-order valence-electron chi connectivity index (χ0n) is 12.1. The van der Waals surface area contributed by atoms with Crippen molar-refractivity contribution in [1.82, 2.24) is 0 Å². The minimum atomic E-state index is -3.11. The van der Waals surface area contributed by atoms with Gasteiger partial charge in [-0.05, 0) is 31.7 Å². The van der Waals surface area contributed by atoms with Gasteiger partial charge in [-0.2, -0.15) is 8.78 Å². The Morgan fingerprint density at radius 2 is 2.18 bits per heavy atom. The number of alkyl halides is 2. The SMILES string of the molecule is COC1CCCC(Nc2ccc([N+](=O)[O-])c(OC(F)F)c2)C1. The maximum absolute atomic E-state index is 12.4. The average molecular weight is 316 g/mol. The van der Waals surface area contributed by atoms with Gasteiger partial charge in [0.1, 0.15) is 0 Å². The number of halogens is 2. The second-order valence-corrected chi connectivity index (χ2v) is 5.18. The lowest BCUT2D eigenvalue weighted by atomic mass is 9.92.